The minimum atomic E-state index is -3.51. The first-order chi connectivity index (χ1) is 15.3. The lowest BCUT2D eigenvalue weighted by Crippen LogP contribution is -2.41. The molecule has 2 heterocycles. The average Bonchev–Trinajstić information content (AvgIpc) is 2.75. The number of nitrogens with one attached hydrogen (secondary N) is 2. The van der Waals surface area contributed by atoms with Crippen LogP contribution in [-0.4, -0.2) is 29.2 Å². The maximum atomic E-state index is 14.4. The Labute approximate surface area is 193 Å². The molecule has 3 aromatic rings. The predicted molar refractivity (Wildman–Crippen MR) is 119 cm³/mol. The first-order valence-electron chi connectivity index (χ1n) is 9.79. The summed E-state index contributed by atoms with van der Waals surface area (Å²) in [6, 6.07) is 11.2. The fourth-order valence-electron chi connectivity index (χ4n) is 3.03. The van der Waals surface area contributed by atoms with Crippen LogP contribution in [-0.2, 0) is 18.9 Å². The van der Waals surface area contributed by atoms with E-state index in [0.29, 0.717) is 18.1 Å². The van der Waals surface area contributed by atoms with Crippen LogP contribution in [0.15, 0.2) is 59.7 Å². The molecule has 7 nitrogen and oxygen atoms in total. The summed E-state index contributed by atoms with van der Waals surface area (Å²) in [6.07, 6.45) is 2.95. The van der Waals surface area contributed by atoms with Gasteiger partial charge in [0, 0.05) is 30.2 Å². The van der Waals surface area contributed by atoms with Gasteiger partial charge in [0.05, 0.1) is 12.7 Å². The molecule has 0 bridgehead atoms. The monoisotopic (exact) mass is 483 g/mol. The minimum absolute atomic E-state index is 0.0874. The van der Waals surface area contributed by atoms with Gasteiger partial charge in [0.15, 0.2) is 12.0 Å². The Balaban J connectivity index is 1.58. The Morgan fingerprint density at radius 2 is 1.97 bits per heavy atom. The Hall–Kier alpha value is -2.75. The predicted octanol–water partition coefficient (Wildman–Crippen LogP) is 3.22. The smallest absolute Gasteiger partial charge is 0.347 e. The van der Waals surface area contributed by atoms with E-state index < -0.39 is 23.7 Å². The van der Waals surface area contributed by atoms with Crippen molar-refractivity contribution in [1.29, 1.82) is 0 Å². The van der Waals surface area contributed by atoms with Crippen molar-refractivity contribution in [2.45, 2.75) is 18.9 Å². The van der Waals surface area contributed by atoms with E-state index in [4.69, 9.17) is 23.2 Å². The standard InChI is InChI=1S/C21H21Cl2F2N5O2/c22-16-5-3-4-15(12-16)7-8-26-9-11-29-18(23)13-27-19(20(29)31)28-14-21(24,25)17-6-1-2-10-30(17)32/h1-6,10,12-13,26H,7-9,11,14H2,(H,27,28). The zero-order chi connectivity index (χ0) is 23.1. The SMILES string of the molecule is O=c1c(NCC(F)(F)c2cccc[n+]2[O-])ncc(Cl)n1CCNCCc1cccc(Cl)c1. The van der Waals surface area contributed by atoms with Gasteiger partial charge in [-0.2, -0.15) is 13.5 Å². The highest BCUT2D eigenvalue weighted by Gasteiger charge is 2.39. The number of hydrogen-bond acceptors (Lipinski definition) is 5. The molecule has 0 atom stereocenters. The molecule has 3 rings (SSSR count). The first-order valence-corrected chi connectivity index (χ1v) is 10.5. The van der Waals surface area contributed by atoms with Gasteiger partial charge in [-0.1, -0.05) is 35.3 Å². The third-order valence-electron chi connectivity index (χ3n) is 4.67. The zero-order valence-electron chi connectivity index (χ0n) is 16.9. The molecule has 0 aliphatic carbocycles. The second-order valence-corrected chi connectivity index (χ2v) is 7.81. The van der Waals surface area contributed by atoms with Gasteiger partial charge in [-0.3, -0.25) is 9.36 Å². The number of aromatic nitrogens is 3. The molecule has 0 aliphatic rings. The topological polar surface area (TPSA) is 85.9 Å². The summed E-state index contributed by atoms with van der Waals surface area (Å²) >= 11 is 12.0. The van der Waals surface area contributed by atoms with Gasteiger partial charge in [0.1, 0.15) is 5.15 Å². The van der Waals surface area contributed by atoms with E-state index in [1.807, 2.05) is 18.2 Å². The summed E-state index contributed by atoms with van der Waals surface area (Å²) in [5.74, 6) is -3.79. The zero-order valence-corrected chi connectivity index (χ0v) is 18.4. The van der Waals surface area contributed by atoms with E-state index >= 15 is 0 Å². The van der Waals surface area contributed by atoms with Gasteiger partial charge in [0.2, 0.25) is 0 Å². The number of rotatable bonds is 10. The fourth-order valence-corrected chi connectivity index (χ4v) is 3.46. The maximum Gasteiger partial charge on any atom is 0.347 e. The van der Waals surface area contributed by atoms with Crippen molar-refractivity contribution in [2.75, 3.05) is 25.0 Å². The van der Waals surface area contributed by atoms with Crippen LogP contribution in [0.4, 0.5) is 14.6 Å². The summed E-state index contributed by atoms with van der Waals surface area (Å²) in [4.78, 5) is 16.5. The number of alkyl halides is 2. The Morgan fingerprint density at radius 3 is 2.72 bits per heavy atom. The maximum absolute atomic E-state index is 14.4. The quantitative estimate of drug-likeness (QED) is 0.262. The molecule has 0 spiro atoms. The molecular formula is C21H21Cl2F2N5O2. The van der Waals surface area contributed by atoms with Crippen molar-refractivity contribution < 1.29 is 13.5 Å². The van der Waals surface area contributed by atoms with Crippen molar-refractivity contribution in [3.05, 3.63) is 91.9 Å². The number of benzene rings is 1. The molecule has 0 amide bonds. The number of halogens is 4. The van der Waals surface area contributed by atoms with Gasteiger partial charge < -0.3 is 15.8 Å². The van der Waals surface area contributed by atoms with E-state index in [1.54, 1.807) is 6.07 Å². The summed E-state index contributed by atoms with van der Waals surface area (Å²) in [5.41, 5.74) is -0.284. The number of nitrogens with zero attached hydrogens (tertiary/aromatic N) is 3. The highest BCUT2D eigenvalue weighted by atomic mass is 35.5. The third-order valence-corrected chi connectivity index (χ3v) is 5.21. The second kappa shape index (κ2) is 10.7. The second-order valence-electron chi connectivity index (χ2n) is 6.99. The lowest BCUT2D eigenvalue weighted by molar-refractivity contribution is -0.624. The molecule has 0 fully saturated rings. The largest absolute Gasteiger partial charge is 0.618 e. The highest BCUT2D eigenvalue weighted by molar-refractivity contribution is 6.30. The van der Waals surface area contributed by atoms with Crippen LogP contribution >= 0.6 is 23.2 Å². The molecule has 32 heavy (non-hydrogen) atoms. The van der Waals surface area contributed by atoms with E-state index in [2.05, 4.69) is 15.6 Å². The highest BCUT2D eigenvalue weighted by Crippen LogP contribution is 2.25. The van der Waals surface area contributed by atoms with Crippen LogP contribution in [0.2, 0.25) is 10.2 Å². The molecule has 2 N–H and O–H groups in total. The summed E-state index contributed by atoms with van der Waals surface area (Å²) in [6.45, 7) is 0.336. The molecule has 1 aromatic carbocycles. The molecular weight excluding hydrogens is 463 g/mol. The van der Waals surface area contributed by atoms with Crippen LogP contribution in [0.3, 0.4) is 0 Å². The molecule has 11 heteroatoms. The van der Waals surface area contributed by atoms with Crippen LogP contribution in [0.5, 0.6) is 0 Å². The van der Waals surface area contributed by atoms with Crippen LogP contribution in [0, 0.1) is 5.21 Å². The van der Waals surface area contributed by atoms with E-state index in [1.165, 1.54) is 22.9 Å². The Kier molecular flexibility index (Phi) is 8.00. The minimum Gasteiger partial charge on any atom is -0.618 e. The van der Waals surface area contributed by atoms with Gasteiger partial charge in [-0.25, -0.2) is 4.98 Å². The normalized spacial score (nSPS) is 11.5. The average molecular weight is 484 g/mol. The fraction of sp³-hybridized carbons (Fsp3) is 0.286. The lowest BCUT2D eigenvalue weighted by Gasteiger charge is -2.17. The number of hydrogen-bond donors (Lipinski definition) is 2. The van der Waals surface area contributed by atoms with Crippen LogP contribution in [0.1, 0.15) is 11.3 Å². The van der Waals surface area contributed by atoms with Crippen molar-refractivity contribution >= 4 is 29.0 Å². The van der Waals surface area contributed by atoms with E-state index in [9.17, 15) is 18.8 Å². The lowest BCUT2D eigenvalue weighted by atomic mass is 10.1. The van der Waals surface area contributed by atoms with Crippen molar-refractivity contribution in [3.8, 4) is 0 Å². The Bertz CT molecular complexity index is 1130. The molecule has 2 aromatic heterocycles. The number of pyridine rings is 1. The first kappa shape index (κ1) is 23.9. The molecule has 170 valence electrons. The van der Waals surface area contributed by atoms with Crippen molar-refractivity contribution in [1.82, 2.24) is 14.9 Å². The summed E-state index contributed by atoms with van der Waals surface area (Å²) < 4.78 is 30.1. The van der Waals surface area contributed by atoms with Gasteiger partial charge in [0.25, 0.3) is 11.3 Å². The molecule has 0 unspecified atom stereocenters. The Morgan fingerprint density at radius 1 is 1.16 bits per heavy atom. The molecule has 0 saturated carbocycles. The summed E-state index contributed by atoms with van der Waals surface area (Å²) in [7, 11) is 0. The third kappa shape index (κ3) is 6.15. The van der Waals surface area contributed by atoms with Gasteiger partial charge >= 0.3 is 5.92 Å². The molecule has 0 radical (unpaired) electrons. The van der Waals surface area contributed by atoms with Crippen molar-refractivity contribution in [3.63, 3.8) is 0 Å². The molecule has 0 saturated heterocycles. The van der Waals surface area contributed by atoms with E-state index in [-0.39, 0.29) is 22.2 Å². The summed E-state index contributed by atoms with van der Waals surface area (Å²) in [5, 5.41) is 17.9. The number of anilines is 1. The van der Waals surface area contributed by atoms with Crippen LogP contribution < -0.4 is 20.9 Å². The van der Waals surface area contributed by atoms with Gasteiger partial charge in [-0.15, -0.1) is 0 Å². The van der Waals surface area contributed by atoms with Gasteiger partial charge in [-0.05, 0) is 36.7 Å². The van der Waals surface area contributed by atoms with Crippen LogP contribution in [0.25, 0.3) is 0 Å². The van der Waals surface area contributed by atoms with E-state index in [0.717, 1.165) is 24.2 Å². The molecule has 0 aliphatic heterocycles. The van der Waals surface area contributed by atoms with Crippen molar-refractivity contribution in [2.24, 2.45) is 0 Å².